The summed E-state index contributed by atoms with van der Waals surface area (Å²) in [7, 11) is 0. The Balaban J connectivity index is 1.45. The summed E-state index contributed by atoms with van der Waals surface area (Å²) >= 11 is 1.41. The van der Waals surface area contributed by atoms with Gasteiger partial charge in [-0.2, -0.15) is 0 Å². The number of hydrogen-bond donors (Lipinski definition) is 1. The van der Waals surface area contributed by atoms with Gasteiger partial charge < -0.3 is 19.2 Å². The minimum absolute atomic E-state index is 0.0322. The number of benzene rings is 2. The zero-order valence-electron chi connectivity index (χ0n) is 22.5. The lowest BCUT2D eigenvalue weighted by molar-refractivity contribution is -0.118. The number of anilines is 1. The van der Waals surface area contributed by atoms with Crippen molar-refractivity contribution in [3.8, 4) is 17.1 Å². The van der Waals surface area contributed by atoms with Crippen molar-refractivity contribution < 1.29 is 23.5 Å². The van der Waals surface area contributed by atoms with E-state index in [2.05, 4.69) is 12.2 Å². The largest absolute Gasteiger partial charge is 0.476 e. The molecular weight excluding hydrogens is 514 g/mol. The van der Waals surface area contributed by atoms with Crippen LogP contribution in [0.25, 0.3) is 22.3 Å². The van der Waals surface area contributed by atoms with E-state index in [1.54, 1.807) is 19.1 Å². The summed E-state index contributed by atoms with van der Waals surface area (Å²) in [5.41, 5.74) is 4.17. The van der Waals surface area contributed by atoms with Crippen LogP contribution in [0.4, 0.5) is 5.00 Å². The van der Waals surface area contributed by atoms with Crippen LogP contribution in [-0.4, -0.2) is 25.1 Å². The van der Waals surface area contributed by atoms with Crippen LogP contribution in [0, 0.1) is 19.8 Å². The van der Waals surface area contributed by atoms with E-state index in [0.717, 1.165) is 40.8 Å². The topological polar surface area (TPSA) is 94.8 Å². The number of fused-ring (bicyclic) bond motifs is 2. The van der Waals surface area contributed by atoms with Crippen molar-refractivity contribution in [3.05, 3.63) is 79.8 Å². The maximum atomic E-state index is 13.5. The molecule has 2 heterocycles. The molecule has 1 N–H and O–H groups in total. The lowest BCUT2D eigenvalue weighted by atomic mass is 9.88. The molecule has 1 amide bonds. The van der Waals surface area contributed by atoms with Gasteiger partial charge in [0, 0.05) is 10.4 Å². The molecule has 202 valence electrons. The summed E-state index contributed by atoms with van der Waals surface area (Å²) in [6, 6.07) is 12.9. The van der Waals surface area contributed by atoms with E-state index in [4.69, 9.17) is 13.9 Å². The molecule has 1 aliphatic rings. The molecule has 0 saturated heterocycles. The number of carbonyl (C=O) groups is 2. The highest BCUT2D eigenvalue weighted by Crippen LogP contribution is 2.40. The van der Waals surface area contributed by atoms with Gasteiger partial charge in [0.05, 0.1) is 17.6 Å². The van der Waals surface area contributed by atoms with Crippen LogP contribution < -0.4 is 15.5 Å². The molecular formula is C31H31NO6S. The predicted molar refractivity (Wildman–Crippen MR) is 153 cm³/mol. The van der Waals surface area contributed by atoms with Gasteiger partial charge in [-0.3, -0.25) is 9.59 Å². The molecule has 8 heteroatoms. The average molecular weight is 546 g/mol. The minimum Gasteiger partial charge on any atom is -0.476 e. The lowest BCUT2D eigenvalue weighted by Crippen LogP contribution is -2.23. The molecule has 2 aromatic carbocycles. The molecule has 0 fully saturated rings. The third kappa shape index (κ3) is 5.47. The van der Waals surface area contributed by atoms with Crippen molar-refractivity contribution in [2.24, 2.45) is 5.92 Å². The lowest BCUT2D eigenvalue weighted by Gasteiger charge is -2.18. The Kier molecular flexibility index (Phi) is 7.57. The molecule has 2 aromatic heterocycles. The number of aryl methyl sites for hydroxylation is 2. The van der Waals surface area contributed by atoms with E-state index < -0.39 is 18.5 Å². The number of nitrogens with one attached hydrogen (secondary N) is 1. The van der Waals surface area contributed by atoms with Crippen LogP contribution in [0.2, 0.25) is 0 Å². The Hall–Kier alpha value is -3.91. The van der Waals surface area contributed by atoms with Crippen molar-refractivity contribution in [3.63, 3.8) is 0 Å². The maximum Gasteiger partial charge on any atom is 0.341 e. The molecule has 0 spiro atoms. The summed E-state index contributed by atoms with van der Waals surface area (Å²) in [6.07, 6.45) is 2.60. The normalized spacial score (nSPS) is 14.6. The van der Waals surface area contributed by atoms with E-state index in [9.17, 15) is 14.4 Å². The number of rotatable bonds is 7. The van der Waals surface area contributed by atoms with E-state index >= 15 is 0 Å². The van der Waals surface area contributed by atoms with Crippen LogP contribution in [0.1, 0.15) is 52.2 Å². The van der Waals surface area contributed by atoms with Gasteiger partial charge in [-0.1, -0.05) is 42.8 Å². The zero-order chi connectivity index (χ0) is 27.7. The summed E-state index contributed by atoms with van der Waals surface area (Å²) in [6.45, 7) is 7.65. The fraction of sp³-hybridized carbons (Fsp3) is 0.323. The van der Waals surface area contributed by atoms with Crippen molar-refractivity contribution >= 4 is 39.2 Å². The Labute approximate surface area is 230 Å². The molecule has 4 aromatic rings. The highest BCUT2D eigenvalue weighted by molar-refractivity contribution is 7.17. The van der Waals surface area contributed by atoms with Gasteiger partial charge in [0.25, 0.3) is 5.91 Å². The summed E-state index contributed by atoms with van der Waals surface area (Å²) < 4.78 is 17.3. The van der Waals surface area contributed by atoms with E-state index in [1.165, 1.54) is 11.3 Å². The minimum atomic E-state index is -0.481. The second-order valence-corrected chi connectivity index (χ2v) is 11.2. The number of hydrogen-bond acceptors (Lipinski definition) is 7. The van der Waals surface area contributed by atoms with Gasteiger partial charge in [0.1, 0.15) is 10.6 Å². The fourth-order valence-electron chi connectivity index (χ4n) is 4.87. The van der Waals surface area contributed by atoms with Crippen LogP contribution in [0.3, 0.4) is 0 Å². The molecule has 7 nitrogen and oxygen atoms in total. The Bertz CT molecular complexity index is 1620. The quantitative estimate of drug-likeness (QED) is 0.268. The van der Waals surface area contributed by atoms with Crippen LogP contribution in [0.5, 0.6) is 5.75 Å². The molecule has 1 atom stereocenters. The molecule has 0 radical (unpaired) electrons. The monoisotopic (exact) mass is 545 g/mol. The highest BCUT2D eigenvalue weighted by Gasteiger charge is 2.29. The van der Waals surface area contributed by atoms with Crippen LogP contribution in [0.15, 0.2) is 51.7 Å². The van der Waals surface area contributed by atoms with Crippen molar-refractivity contribution in [1.29, 1.82) is 0 Å². The predicted octanol–water partition coefficient (Wildman–Crippen LogP) is 6.46. The van der Waals surface area contributed by atoms with Gasteiger partial charge in [0.15, 0.2) is 12.4 Å². The molecule has 39 heavy (non-hydrogen) atoms. The number of esters is 1. The first-order valence-corrected chi connectivity index (χ1v) is 14.0. The highest BCUT2D eigenvalue weighted by atomic mass is 32.1. The second kappa shape index (κ2) is 11.1. The summed E-state index contributed by atoms with van der Waals surface area (Å²) in [5.74, 6) is -0.179. The third-order valence-electron chi connectivity index (χ3n) is 6.91. The molecule has 0 saturated carbocycles. The van der Waals surface area contributed by atoms with Crippen molar-refractivity contribution in [2.75, 3.05) is 18.5 Å². The summed E-state index contributed by atoms with van der Waals surface area (Å²) in [4.78, 5) is 40.5. The number of amides is 1. The van der Waals surface area contributed by atoms with Gasteiger partial charge in [0.2, 0.25) is 11.2 Å². The zero-order valence-corrected chi connectivity index (χ0v) is 23.3. The van der Waals surface area contributed by atoms with E-state index in [0.29, 0.717) is 33.0 Å². The van der Waals surface area contributed by atoms with Crippen molar-refractivity contribution in [2.45, 2.75) is 47.0 Å². The smallest absolute Gasteiger partial charge is 0.341 e. The average Bonchev–Trinajstić information content (AvgIpc) is 3.25. The first-order valence-electron chi connectivity index (χ1n) is 13.1. The standard InChI is InChI=1S/C31H31NO6S/c1-5-36-31(35)26-22-13-9-19(4)15-24(22)39-30(26)32-25(33)16-37-29-27(34)21-12-8-18(3)14-23(21)38-28(29)20-10-6-17(2)7-11-20/h6-8,10-12,14,19H,5,9,13,15-16H2,1-4H3,(H,32,33). The van der Waals surface area contributed by atoms with Gasteiger partial charge >= 0.3 is 5.97 Å². The number of ether oxygens (including phenoxy) is 2. The Morgan fingerprint density at radius 1 is 1.10 bits per heavy atom. The van der Waals surface area contributed by atoms with Crippen LogP contribution >= 0.6 is 11.3 Å². The first kappa shape index (κ1) is 26.7. The molecule has 0 bridgehead atoms. The second-order valence-electron chi connectivity index (χ2n) is 10.1. The molecule has 1 aliphatic carbocycles. The first-order chi connectivity index (χ1) is 18.7. The van der Waals surface area contributed by atoms with Crippen molar-refractivity contribution in [1.82, 2.24) is 0 Å². The van der Waals surface area contributed by atoms with Gasteiger partial charge in [-0.15, -0.1) is 11.3 Å². The van der Waals surface area contributed by atoms with Crippen LogP contribution in [-0.2, 0) is 22.4 Å². The Morgan fingerprint density at radius 3 is 2.59 bits per heavy atom. The maximum absolute atomic E-state index is 13.5. The SMILES string of the molecule is CCOC(=O)c1c(NC(=O)COc2c(-c3ccc(C)cc3)oc3cc(C)ccc3c2=O)sc2c1CCC(C)C2. The Morgan fingerprint density at radius 2 is 1.85 bits per heavy atom. The number of thiophene rings is 1. The molecule has 1 unspecified atom stereocenters. The van der Waals surface area contributed by atoms with Gasteiger partial charge in [-0.25, -0.2) is 4.79 Å². The van der Waals surface area contributed by atoms with E-state index in [1.807, 2.05) is 44.2 Å². The van der Waals surface area contributed by atoms with Gasteiger partial charge in [-0.05, 0) is 69.2 Å². The fourth-order valence-corrected chi connectivity index (χ4v) is 6.28. The molecule has 5 rings (SSSR count). The third-order valence-corrected chi connectivity index (χ3v) is 8.08. The summed E-state index contributed by atoms with van der Waals surface area (Å²) in [5, 5.41) is 3.68. The number of carbonyl (C=O) groups excluding carboxylic acids is 2. The van der Waals surface area contributed by atoms with E-state index in [-0.39, 0.29) is 23.5 Å². The molecule has 0 aliphatic heterocycles.